The second-order valence-electron chi connectivity index (χ2n) is 3.79. The Hall–Kier alpha value is -2.36. The molecule has 0 fully saturated rings. The summed E-state index contributed by atoms with van der Waals surface area (Å²) in [5, 5.41) is 0. The second kappa shape index (κ2) is 6.54. The molecule has 0 atom stereocenters. The summed E-state index contributed by atoms with van der Waals surface area (Å²) in [7, 11) is 0. The van der Waals surface area contributed by atoms with Crippen molar-refractivity contribution in [3.8, 4) is 11.5 Å². The molecule has 2 aromatic carbocycles. The molecule has 0 aliphatic heterocycles. The lowest BCUT2D eigenvalue weighted by atomic mass is 10.2. The largest absolute Gasteiger partial charge is 0.490 e. The number of carbonyl (C=O) groups excluding carboxylic acids is 1. The van der Waals surface area contributed by atoms with Gasteiger partial charge in [-0.3, -0.25) is 4.79 Å². The maximum atomic E-state index is 13.5. The van der Waals surface area contributed by atoms with Crippen molar-refractivity contribution in [3.63, 3.8) is 0 Å². The summed E-state index contributed by atoms with van der Waals surface area (Å²) in [4.78, 5) is 10.8. The van der Waals surface area contributed by atoms with Crippen LogP contribution >= 0.6 is 0 Å². The van der Waals surface area contributed by atoms with Gasteiger partial charge >= 0.3 is 0 Å². The van der Waals surface area contributed by atoms with E-state index in [2.05, 4.69) is 0 Å². The molecule has 19 heavy (non-hydrogen) atoms. The van der Waals surface area contributed by atoms with E-state index in [1.807, 2.05) is 30.3 Å². The molecule has 0 saturated carbocycles. The fraction of sp³-hybridized carbons (Fsp3) is 0.133. The summed E-state index contributed by atoms with van der Waals surface area (Å²) >= 11 is 0. The van der Waals surface area contributed by atoms with Crippen LogP contribution in [0.5, 0.6) is 11.5 Å². The molecule has 0 N–H and O–H groups in total. The molecule has 3 nitrogen and oxygen atoms in total. The molecule has 4 heteroatoms. The minimum absolute atomic E-state index is 0.0332. The lowest BCUT2D eigenvalue weighted by Gasteiger charge is -2.10. The zero-order chi connectivity index (χ0) is 13.5. The standard InChI is InChI=1S/C15H13FO3/c16-14-8-4-5-12(11-17)15(14)19-10-9-18-13-6-2-1-3-7-13/h1-8,11H,9-10H2. The minimum Gasteiger partial charge on any atom is -0.490 e. The molecule has 0 aromatic heterocycles. The third-order valence-electron chi connectivity index (χ3n) is 2.47. The molecule has 0 bridgehead atoms. The van der Waals surface area contributed by atoms with Crippen LogP contribution in [-0.4, -0.2) is 19.5 Å². The van der Waals surface area contributed by atoms with Gasteiger partial charge in [0.15, 0.2) is 17.9 Å². The van der Waals surface area contributed by atoms with Gasteiger partial charge < -0.3 is 9.47 Å². The summed E-state index contributed by atoms with van der Waals surface area (Å²) in [5.41, 5.74) is 0.194. The number of benzene rings is 2. The van der Waals surface area contributed by atoms with Crippen molar-refractivity contribution in [1.82, 2.24) is 0 Å². The predicted octanol–water partition coefficient (Wildman–Crippen LogP) is 3.10. The molecule has 0 unspecified atom stereocenters. The monoisotopic (exact) mass is 260 g/mol. The van der Waals surface area contributed by atoms with E-state index in [4.69, 9.17) is 9.47 Å². The van der Waals surface area contributed by atoms with E-state index >= 15 is 0 Å². The second-order valence-corrected chi connectivity index (χ2v) is 3.79. The van der Waals surface area contributed by atoms with Crippen molar-refractivity contribution in [2.24, 2.45) is 0 Å². The first-order chi connectivity index (χ1) is 9.31. The molecule has 98 valence electrons. The predicted molar refractivity (Wildman–Crippen MR) is 69.2 cm³/mol. The SMILES string of the molecule is O=Cc1cccc(F)c1OCCOc1ccccc1. The van der Waals surface area contributed by atoms with Crippen LogP contribution in [0.4, 0.5) is 4.39 Å². The van der Waals surface area contributed by atoms with Crippen LogP contribution in [0.2, 0.25) is 0 Å². The highest BCUT2D eigenvalue weighted by atomic mass is 19.1. The molecular formula is C15H13FO3. The Morgan fingerprint density at radius 3 is 2.42 bits per heavy atom. The van der Waals surface area contributed by atoms with Crippen molar-refractivity contribution >= 4 is 6.29 Å². The first kappa shape index (κ1) is 13.1. The quantitative estimate of drug-likeness (QED) is 0.591. The highest BCUT2D eigenvalue weighted by Crippen LogP contribution is 2.20. The normalized spacial score (nSPS) is 9.95. The van der Waals surface area contributed by atoms with Crippen molar-refractivity contribution in [2.75, 3.05) is 13.2 Å². The summed E-state index contributed by atoms with van der Waals surface area (Å²) in [5.74, 6) is 0.133. The van der Waals surface area contributed by atoms with Crippen LogP contribution in [0.25, 0.3) is 0 Å². The van der Waals surface area contributed by atoms with Gasteiger partial charge in [-0.2, -0.15) is 0 Å². The highest BCUT2D eigenvalue weighted by molar-refractivity contribution is 5.79. The lowest BCUT2D eigenvalue weighted by molar-refractivity contribution is 0.111. The van der Waals surface area contributed by atoms with E-state index in [0.29, 0.717) is 6.29 Å². The number of carbonyl (C=O) groups is 1. The van der Waals surface area contributed by atoms with Gasteiger partial charge in [-0.1, -0.05) is 24.3 Å². The maximum Gasteiger partial charge on any atom is 0.165 e. The van der Waals surface area contributed by atoms with Crippen molar-refractivity contribution in [2.45, 2.75) is 0 Å². The van der Waals surface area contributed by atoms with Gasteiger partial charge in [0.05, 0.1) is 5.56 Å². The number of hydrogen-bond donors (Lipinski definition) is 0. The van der Waals surface area contributed by atoms with E-state index in [-0.39, 0.29) is 24.5 Å². The van der Waals surface area contributed by atoms with Crippen LogP contribution in [-0.2, 0) is 0 Å². The molecule has 0 aliphatic rings. The first-order valence-electron chi connectivity index (χ1n) is 5.85. The molecule has 2 aromatic rings. The Bertz CT molecular complexity index is 540. The van der Waals surface area contributed by atoms with E-state index in [1.165, 1.54) is 18.2 Å². The van der Waals surface area contributed by atoms with E-state index in [1.54, 1.807) is 0 Å². The van der Waals surface area contributed by atoms with Crippen LogP contribution in [0.15, 0.2) is 48.5 Å². The Balaban J connectivity index is 1.88. The van der Waals surface area contributed by atoms with Gasteiger partial charge in [-0.15, -0.1) is 0 Å². The van der Waals surface area contributed by atoms with Gasteiger partial charge in [0.2, 0.25) is 0 Å². The van der Waals surface area contributed by atoms with Gasteiger partial charge in [-0.25, -0.2) is 4.39 Å². The maximum absolute atomic E-state index is 13.5. The molecule has 0 saturated heterocycles. The first-order valence-corrected chi connectivity index (χ1v) is 5.85. The summed E-state index contributed by atoms with van der Waals surface area (Å²) in [6, 6.07) is 13.5. The third kappa shape index (κ3) is 3.55. The Labute approximate surface area is 110 Å². The molecule has 0 heterocycles. The third-order valence-corrected chi connectivity index (χ3v) is 2.47. The van der Waals surface area contributed by atoms with Gasteiger partial charge in [0.25, 0.3) is 0 Å². The van der Waals surface area contributed by atoms with Crippen molar-refractivity contribution in [1.29, 1.82) is 0 Å². The number of hydrogen-bond acceptors (Lipinski definition) is 3. The smallest absolute Gasteiger partial charge is 0.165 e. The number of halogens is 1. The Morgan fingerprint density at radius 1 is 0.947 bits per heavy atom. The average Bonchev–Trinajstić information content (AvgIpc) is 2.46. The minimum atomic E-state index is -0.552. The van der Waals surface area contributed by atoms with E-state index in [0.717, 1.165) is 5.75 Å². The Morgan fingerprint density at radius 2 is 1.68 bits per heavy atom. The van der Waals surface area contributed by atoms with Gasteiger partial charge in [0, 0.05) is 0 Å². The molecule has 0 spiro atoms. The average molecular weight is 260 g/mol. The zero-order valence-corrected chi connectivity index (χ0v) is 10.2. The molecular weight excluding hydrogens is 247 g/mol. The fourth-order valence-electron chi connectivity index (χ4n) is 1.59. The van der Waals surface area contributed by atoms with Crippen molar-refractivity contribution in [3.05, 3.63) is 59.9 Å². The molecule has 2 rings (SSSR count). The molecule has 0 amide bonds. The summed E-state index contributed by atoms with van der Waals surface area (Å²) in [6.07, 6.45) is 0.566. The number of rotatable bonds is 6. The molecule has 0 radical (unpaired) electrons. The van der Waals surface area contributed by atoms with Crippen LogP contribution in [0, 0.1) is 5.82 Å². The van der Waals surface area contributed by atoms with E-state index < -0.39 is 5.82 Å². The van der Waals surface area contributed by atoms with Crippen LogP contribution < -0.4 is 9.47 Å². The lowest BCUT2D eigenvalue weighted by Crippen LogP contribution is -2.10. The van der Waals surface area contributed by atoms with Crippen LogP contribution in [0.3, 0.4) is 0 Å². The number of para-hydroxylation sites is 2. The zero-order valence-electron chi connectivity index (χ0n) is 10.2. The van der Waals surface area contributed by atoms with Gasteiger partial charge in [-0.05, 0) is 24.3 Å². The highest BCUT2D eigenvalue weighted by Gasteiger charge is 2.08. The van der Waals surface area contributed by atoms with Crippen molar-refractivity contribution < 1.29 is 18.7 Å². The number of ether oxygens (including phenoxy) is 2. The number of aldehydes is 1. The topological polar surface area (TPSA) is 35.5 Å². The molecule has 0 aliphatic carbocycles. The van der Waals surface area contributed by atoms with E-state index in [9.17, 15) is 9.18 Å². The Kier molecular flexibility index (Phi) is 4.50. The summed E-state index contributed by atoms with van der Waals surface area (Å²) < 4.78 is 24.1. The van der Waals surface area contributed by atoms with Gasteiger partial charge in [0.1, 0.15) is 19.0 Å². The van der Waals surface area contributed by atoms with Crippen LogP contribution in [0.1, 0.15) is 10.4 Å². The fourth-order valence-corrected chi connectivity index (χ4v) is 1.59. The summed E-state index contributed by atoms with van der Waals surface area (Å²) in [6.45, 7) is 0.438.